The molecule has 0 radical (unpaired) electrons. The van der Waals surface area contributed by atoms with E-state index >= 15 is 0 Å². The number of carbonyl (C=O) groups excluding carboxylic acids is 1. The topological polar surface area (TPSA) is 60.9 Å². The molecule has 1 heterocycles. The maximum absolute atomic E-state index is 12.8. The van der Waals surface area contributed by atoms with Crippen molar-refractivity contribution in [2.45, 2.75) is 71.4 Å². The second kappa shape index (κ2) is 5.50. The Bertz CT molecular complexity index is 414. The van der Waals surface area contributed by atoms with Gasteiger partial charge < -0.3 is 10.0 Å². The number of nitrogens with zero attached hydrogens (tertiary/aromatic N) is 2. The highest BCUT2D eigenvalue weighted by atomic mass is 16.4. The zero-order valence-corrected chi connectivity index (χ0v) is 13.7. The molecular weight excluding hydrogens is 268 g/mol. The van der Waals surface area contributed by atoms with Crippen molar-refractivity contribution >= 4 is 12.0 Å². The molecule has 1 aliphatic carbocycles. The third kappa shape index (κ3) is 3.33. The van der Waals surface area contributed by atoms with E-state index in [0.717, 1.165) is 25.9 Å². The van der Waals surface area contributed by atoms with Crippen LogP contribution in [-0.2, 0) is 4.79 Å². The lowest BCUT2D eigenvalue weighted by atomic mass is 9.92. The van der Waals surface area contributed by atoms with Crippen molar-refractivity contribution in [1.29, 1.82) is 0 Å². The van der Waals surface area contributed by atoms with Crippen molar-refractivity contribution in [3.63, 3.8) is 0 Å². The van der Waals surface area contributed by atoms with Gasteiger partial charge in [-0.2, -0.15) is 0 Å². The second-order valence-corrected chi connectivity index (χ2v) is 7.57. The average molecular weight is 296 g/mol. The van der Waals surface area contributed by atoms with E-state index in [4.69, 9.17) is 0 Å². The number of rotatable bonds is 3. The first-order valence-corrected chi connectivity index (χ1v) is 8.01. The largest absolute Gasteiger partial charge is 0.465 e. The van der Waals surface area contributed by atoms with Gasteiger partial charge in [-0.15, -0.1) is 0 Å². The SMILES string of the molecule is CCC(C(=O)N1CCC2(CC1)CC2)N(C(=O)O)C(C)(C)C. The first kappa shape index (κ1) is 16.1. The van der Waals surface area contributed by atoms with Crippen LogP contribution in [0.3, 0.4) is 0 Å². The van der Waals surface area contributed by atoms with Gasteiger partial charge in [0.05, 0.1) is 0 Å². The number of hydrogen-bond donors (Lipinski definition) is 1. The Morgan fingerprint density at radius 3 is 2.05 bits per heavy atom. The Kier molecular flexibility index (Phi) is 4.22. The zero-order valence-electron chi connectivity index (χ0n) is 13.7. The van der Waals surface area contributed by atoms with Crippen LogP contribution < -0.4 is 0 Å². The van der Waals surface area contributed by atoms with Gasteiger partial charge in [0, 0.05) is 18.6 Å². The quantitative estimate of drug-likeness (QED) is 0.871. The summed E-state index contributed by atoms with van der Waals surface area (Å²) in [6.07, 6.45) is 4.27. The molecule has 5 nitrogen and oxygen atoms in total. The standard InChI is InChI=1S/C16H28N2O3/c1-5-12(18(14(20)21)15(2,3)4)13(19)17-10-8-16(6-7-16)9-11-17/h12H,5-11H2,1-4H3,(H,20,21). The maximum Gasteiger partial charge on any atom is 0.408 e. The molecule has 120 valence electrons. The van der Waals surface area contributed by atoms with Crippen LogP contribution in [0.25, 0.3) is 0 Å². The van der Waals surface area contributed by atoms with Crippen molar-refractivity contribution in [3.8, 4) is 0 Å². The summed E-state index contributed by atoms with van der Waals surface area (Å²) < 4.78 is 0. The van der Waals surface area contributed by atoms with Gasteiger partial charge in [-0.25, -0.2) is 4.79 Å². The summed E-state index contributed by atoms with van der Waals surface area (Å²) in [6.45, 7) is 8.97. The lowest BCUT2D eigenvalue weighted by molar-refractivity contribution is -0.140. The van der Waals surface area contributed by atoms with E-state index in [1.54, 1.807) is 0 Å². The zero-order chi connectivity index (χ0) is 15.8. The number of carboxylic acid groups (broad SMARTS) is 1. The van der Waals surface area contributed by atoms with E-state index in [-0.39, 0.29) is 5.91 Å². The van der Waals surface area contributed by atoms with E-state index in [2.05, 4.69) is 0 Å². The summed E-state index contributed by atoms with van der Waals surface area (Å²) in [7, 11) is 0. The van der Waals surface area contributed by atoms with Crippen molar-refractivity contribution < 1.29 is 14.7 Å². The normalized spacial score (nSPS) is 22.0. The number of hydrogen-bond acceptors (Lipinski definition) is 2. The number of amides is 2. The smallest absolute Gasteiger partial charge is 0.408 e. The second-order valence-electron chi connectivity index (χ2n) is 7.57. The first-order chi connectivity index (χ1) is 9.70. The molecule has 1 saturated heterocycles. The molecule has 1 aliphatic heterocycles. The Hall–Kier alpha value is -1.26. The fourth-order valence-corrected chi connectivity index (χ4v) is 3.44. The Labute approximate surface area is 127 Å². The molecule has 21 heavy (non-hydrogen) atoms. The summed E-state index contributed by atoms with van der Waals surface area (Å²) in [4.78, 5) is 27.6. The van der Waals surface area contributed by atoms with Gasteiger partial charge in [0.25, 0.3) is 0 Å². The highest BCUT2D eigenvalue weighted by Gasteiger charge is 2.46. The van der Waals surface area contributed by atoms with Gasteiger partial charge in [-0.1, -0.05) is 6.92 Å². The van der Waals surface area contributed by atoms with Gasteiger partial charge >= 0.3 is 6.09 Å². The van der Waals surface area contributed by atoms with Gasteiger partial charge in [-0.05, 0) is 58.3 Å². The van der Waals surface area contributed by atoms with E-state index in [9.17, 15) is 14.7 Å². The molecule has 2 rings (SSSR count). The van der Waals surface area contributed by atoms with Gasteiger partial charge in [0.1, 0.15) is 6.04 Å². The summed E-state index contributed by atoms with van der Waals surface area (Å²) in [5.41, 5.74) is -0.0509. The molecule has 0 aromatic heterocycles. The Balaban J connectivity index is 2.08. The Morgan fingerprint density at radius 2 is 1.71 bits per heavy atom. The molecule has 1 saturated carbocycles. The minimum Gasteiger partial charge on any atom is -0.465 e. The first-order valence-electron chi connectivity index (χ1n) is 8.01. The van der Waals surface area contributed by atoms with Crippen LogP contribution in [0.5, 0.6) is 0 Å². The molecule has 1 N–H and O–H groups in total. The fraction of sp³-hybridized carbons (Fsp3) is 0.875. The summed E-state index contributed by atoms with van der Waals surface area (Å²) in [6, 6.07) is -0.573. The van der Waals surface area contributed by atoms with Crippen LogP contribution in [0.1, 0.15) is 59.8 Å². The summed E-state index contributed by atoms with van der Waals surface area (Å²) >= 11 is 0. The molecule has 0 bridgehead atoms. The minimum absolute atomic E-state index is 0.0228. The number of piperidine rings is 1. The van der Waals surface area contributed by atoms with Crippen molar-refractivity contribution in [3.05, 3.63) is 0 Å². The van der Waals surface area contributed by atoms with E-state index in [1.807, 2.05) is 32.6 Å². The molecule has 1 unspecified atom stereocenters. The minimum atomic E-state index is -1.02. The van der Waals surface area contributed by atoms with E-state index in [1.165, 1.54) is 17.7 Å². The van der Waals surface area contributed by atoms with Crippen LogP contribution in [0.2, 0.25) is 0 Å². The highest BCUT2D eigenvalue weighted by Crippen LogP contribution is 2.53. The third-order valence-corrected chi connectivity index (χ3v) is 5.01. The molecule has 1 atom stereocenters. The van der Waals surface area contributed by atoms with Gasteiger partial charge in [0.15, 0.2) is 0 Å². The number of likely N-dealkylation sites (tertiary alicyclic amines) is 1. The molecule has 0 aromatic rings. The van der Waals surface area contributed by atoms with Gasteiger partial charge in [0.2, 0.25) is 5.91 Å². The molecule has 5 heteroatoms. The van der Waals surface area contributed by atoms with Crippen LogP contribution in [0, 0.1) is 5.41 Å². The van der Waals surface area contributed by atoms with Crippen molar-refractivity contribution in [1.82, 2.24) is 9.80 Å². The average Bonchev–Trinajstić information content (AvgIpc) is 3.13. The molecular formula is C16H28N2O3. The molecule has 2 fully saturated rings. The summed E-state index contributed by atoms with van der Waals surface area (Å²) in [5, 5.41) is 9.51. The number of carbonyl (C=O) groups is 2. The fourth-order valence-electron chi connectivity index (χ4n) is 3.44. The lowest BCUT2D eigenvalue weighted by Crippen LogP contribution is -2.58. The van der Waals surface area contributed by atoms with Crippen molar-refractivity contribution in [2.24, 2.45) is 5.41 Å². The predicted octanol–water partition coefficient (Wildman–Crippen LogP) is 2.95. The van der Waals surface area contributed by atoms with E-state index < -0.39 is 17.7 Å². The lowest BCUT2D eigenvalue weighted by Gasteiger charge is -2.42. The Morgan fingerprint density at radius 1 is 1.19 bits per heavy atom. The van der Waals surface area contributed by atoms with Crippen LogP contribution in [0.15, 0.2) is 0 Å². The van der Waals surface area contributed by atoms with Crippen LogP contribution in [0.4, 0.5) is 4.79 Å². The predicted molar refractivity (Wildman–Crippen MR) is 81.2 cm³/mol. The molecule has 2 amide bonds. The van der Waals surface area contributed by atoms with Crippen LogP contribution >= 0.6 is 0 Å². The monoisotopic (exact) mass is 296 g/mol. The molecule has 1 spiro atoms. The van der Waals surface area contributed by atoms with Crippen molar-refractivity contribution in [2.75, 3.05) is 13.1 Å². The molecule has 0 aromatic carbocycles. The van der Waals surface area contributed by atoms with E-state index in [0.29, 0.717) is 11.8 Å². The van der Waals surface area contributed by atoms with Crippen LogP contribution in [-0.4, -0.2) is 51.6 Å². The third-order valence-electron chi connectivity index (χ3n) is 5.01. The highest BCUT2D eigenvalue weighted by molar-refractivity contribution is 5.85. The summed E-state index contributed by atoms with van der Waals surface area (Å²) in [5.74, 6) is -0.0228. The molecule has 2 aliphatic rings. The van der Waals surface area contributed by atoms with Gasteiger partial charge in [-0.3, -0.25) is 9.69 Å². The maximum atomic E-state index is 12.8.